The van der Waals surface area contributed by atoms with Gasteiger partial charge in [-0.3, -0.25) is 0 Å². The summed E-state index contributed by atoms with van der Waals surface area (Å²) in [5.74, 6) is 0. The second-order valence-electron chi connectivity index (χ2n) is 2.79. The lowest BCUT2D eigenvalue weighted by molar-refractivity contribution is 1.25. The molecule has 0 saturated heterocycles. The quantitative estimate of drug-likeness (QED) is 0.675. The molecule has 0 atom stereocenters. The third-order valence-electron chi connectivity index (χ3n) is 2.05. The van der Waals surface area contributed by atoms with Crippen molar-refractivity contribution in [3.05, 3.63) is 33.8 Å². The maximum Gasteiger partial charge on any atom is 0.0261 e. The molecule has 1 aromatic rings. The molecule has 2 rings (SSSR count). The van der Waals surface area contributed by atoms with Crippen LogP contribution >= 0.6 is 27.7 Å². The van der Waals surface area contributed by atoms with Crippen molar-refractivity contribution in [2.45, 2.75) is 11.3 Å². The minimum Gasteiger partial charge on any atom is -0.130 e. The molecule has 0 unspecified atom stereocenters. The van der Waals surface area contributed by atoms with Gasteiger partial charge < -0.3 is 0 Å². The summed E-state index contributed by atoms with van der Waals surface area (Å²) >= 11 is 5.37. The van der Waals surface area contributed by atoms with Crippen molar-refractivity contribution in [2.75, 3.05) is 6.26 Å². The van der Waals surface area contributed by atoms with Crippen molar-refractivity contribution in [2.24, 2.45) is 0 Å². The summed E-state index contributed by atoms with van der Waals surface area (Å²) in [6.45, 7) is 0. The molecule has 0 aliphatic heterocycles. The van der Waals surface area contributed by atoms with E-state index in [0.717, 1.165) is 6.42 Å². The number of rotatable bonds is 1. The summed E-state index contributed by atoms with van der Waals surface area (Å²) < 4.78 is 1.22. The number of thioether (sulfide) groups is 1. The van der Waals surface area contributed by atoms with Crippen LogP contribution in [0.15, 0.2) is 27.6 Å². The fraction of sp³-hybridized carbons (Fsp3) is 0.200. The molecule has 0 radical (unpaired) electrons. The molecule has 1 aliphatic carbocycles. The Kier molecular flexibility index (Phi) is 2.28. The van der Waals surface area contributed by atoms with Gasteiger partial charge in [0.1, 0.15) is 0 Å². The Morgan fingerprint density at radius 3 is 3.00 bits per heavy atom. The summed E-state index contributed by atoms with van der Waals surface area (Å²) in [5, 5.41) is 0. The maximum atomic E-state index is 3.57. The van der Waals surface area contributed by atoms with E-state index in [0.29, 0.717) is 0 Å². The number of benzene rings is 1. The van der Waals surface area contributed by atoms with E-state index in [4.69, 9.17) is 0 Å². The Hall–Kier alpha value is -0.210. The minimum atomic E-state index is 1.09. The maximum absolute atomic E-state index is 3.57. The third kappa shape index (κ3) is 1.34. The molecule has 0 heterocycles. The fourth-order valence-corrected chi connectivity index (χ4v) is 2.71. The van der Waals surface area contributed by atoms with Gasteiger partial charge in [-0.2, -0.15) is 0 Å². The summed E-state index contributed by atoms with van der Waals surface area (Å²) in [6.07, 6.45) is 7.59. The molecule has 0 aromatic heterocycles. The average Bonchev–Trinajstić information content (AvgIpc) is 2.52. The first-order chi connectivity index (χ1) is 5.81. The van der Waals surface area contributed by atoms with Crippen molar-refractivity contribution in [1.29, 1.82) is 0 Å². The third-order valence-corrected chi connectivity index (χ3v) is 3.41. The number of hydrogen-bond acceptors (Lipinski definition) is 1. The molecule has 0 nitrogen and oxygen atoms in total. The highest BCUT2D eigenvalue weighted by atomic mass is 79.9. The van der Waals surface area contributed by atoms with E-state index in [1.807, 2.05) is 0 Å². The molecule has 62 valence electrons. The van der Waals surface area contributed by atoms with Crippen LogP contribution in [-0.2, 0) is 6.42 Å². The van der Waals surface area contributed by atoms with Crippen molar-refractivity contribution in [1.82, 2.24) is 0 Å². The monoisotopic (exact) mass is 240 g/mol. The van der Waals surface area contributed by atoms with Gasteiger partial charge in [0, 0.05) is 9.37 Å². The highest BCUT2D eigenvalue weighted by Gasteiger charge is 2.09. The summed E-state index contributed by atoms with van der Waals surface area (Å²) in [7, 11) is 0. The van der Waals surface area contributed by atoms with Crippen LogP contribution in [0.3, 0.4) is 0 Å². The van der Waals surface area contributed by atoms with Crippen molar-refractivity contribution in [3.63, 3.8) is 0 Å². The van der Waals surface area contributed by atoms with Crippen molar-refractivity contribution < 1.29 is 0 Å². The molecule has 1 aliphatic rings. The molecule has 12 heavy (non-hydrogen) atoms. The molecule has 0 bridgehead atoms. The fourth-order valence-electron chi connectivity index (χ4n) is 1.42. The lowest BCUT2D eigenvalue weighted by Crippen LogP contribution is -1.84. The van der Waals surface area contributed by atoms with Crippen LogP contribution in [0.1, 0.15) is 11.1 Å². The van der Waals surface area contributed by atoms with Crippen LogP contribution in [0.5, 0.6) is 0 Å². The standard InChI is InChI=1S/C10H9BrS/c1-12-8-5-7-3-2-4-9(7)10(11)6-8/h2,4-6H,3H2,1H3. The SMILES string of the molecule is CSc1cc(Br)c2c(c1)CC=C2. The van der Waals surface area contributed by atoms with Crippen molar-refractivity contribution in [3.8, 4) is 0 Å². The number of halogens is 1. The minimum absolute atomic E-state index is 1.09. The highest BCUT2D eigenvalue weighted by Crippen LogP contribution is 2.31. The van der Waals surface area contributed by atoms with E-state index < -0.39 is 0 Å². The van der Waals surface area contributed by atoms with Gasteiger partial charge in [0.15, 0.2) is 0 Å². The van der Waals surface area contributed by atoms with Crippen LogP contribution in [0.4, 0.5) is 0 Å². The second-order valence-corrected chi connectivity index (χ2v) is 4.52. The van der Waals surface area contributed by atoms with Gasteiger partial charge in [-0.1, -0.05) is 28.1 Å². The van der Waals surface area contributed by atoms with Gasteiger partial charge in [-0.15, -0.1) is 11.8 Å². The normalized spacial score (nSPS) is 13.5. The van der Waals surface area contributed by atoms with E-state index in [9.17, 15) is 0 Å². The zero-order valence-electron chi connectivity index (χ0n) is 6.80. The van der Waals surface area contributed by atoms with Gasteiger partial charge in [0.05, 0.1) is 0 Å². The number of hydrogen-bond donors (Lipinski definition) is 0. The van der Waals surface area contributed by atoms with Gasteiger partial charge in [0.2, 0.25) is 0 Å². The van der Waals surface area contributed by atoms with E-state index >= 15 is 0 Å². The molecule has 2 heteroatoms. The molecule has 0 amide bonds. The van der Waals surface area contributed by atoms with Crippen molar-refractivity contribution >= 4 is 33.8 Å². The van der Waals surface area contributed by atoms with E-state index in [-0.39, 0.29) is 0 Å². The van der Waals surface area contributed by atoms with E-state index in [1.54, 1.807) is 11.8 Å². The molecule has 0 fully saturated rings. The average molecular weight is 241 g/mol. The van der Waals surface area contributed by atoms with E-state index in [2.05, 4.69) is 46.5 Å². The Morgan fingerprint density at radius 1 is 1.42 bits per heavy atom. The largest absolute Gasteiger partial charge is 0.130 e. The van der Waals surface area contributed by atoms with E-state index in [1.165, 1.54) is 20.5 Å². The van der Waals surface area contributed by atoms with Crippen LogP contribution in [-0.4, -0.2) is 6.26 Å². The molecule has 0 N–H and O–H groups in total. The first-order valence-electron chi connectivity index (χ1n) is 3.84. The first-order valence-corrected chi connectivity index (χ1v) is 5.86. The van der Waals surface area contributed by atoms with Crippen LogP contribution in [0.2, 0.25) is 0 Å². The van der Waals surface area contributed by atoms with Gasteiger partial charge >= 0.3 is 0 Å². The lowest BCUT2D eigenvalue weighted by atomic mass is 10.1. The van der Waals surface area contributed by atoms with Gasteiger partial charge in [-0.05, 0) is 35.9 Å². The summed E-state index contributed by atoms with van der Waals surface area (Å²) in [6, 6.07) is 4.45. The second kappa shape index (κ2) is 3.27. The number of allylic oxidation sites excluding steroid dienone is 1. The Balaban J connectivity index is 2.56. The molecule has 1 aromatic carbocycles. The predicted molar refractivity (Wildman–Crippen MR) is 58.7 cm³/mol. The topological polar surface area (TPSA) is 0 Å². The molecule has 0 spiro atoms. The summed E-state index contributed by atoms with van der Waals surface area (Å²) in [5.41, 5.74) is 2.79. The van der Waals surface area contributed by atoms with Crippen LogP contribution in [0, 0.1) is 0 Å². The Morgan fingerprint density at radius 2 is 2.25 bits per heavy atom. The van der Waals surface area contributed by atoms with Crippen LogP contribution < -0.4 is 0 Å². The van der Waals surface area contributed by atoms with Gasteiger partial charge in [0.25, 0.3) is 0 Å². The zero-order valence-corrected chi connectivity index (χ0v) is 9.21. The highest BCUT2D eigenvalue weighted by molar-refractivity contribution is 9.10. The smallest absolute Gasteiger partial charge is 0.0261 e. The summed E-state index contributed by atoms with van der Waals surface area (Å²) in [4.78, 5) is 1.34. The lowest BCUT2D eigenvalue weighted by Gasteiger charge is -2.04. The Bertz CT molecular complexity index is 342. The first kappa shape index (κ1) is 8.39. The predicted octanol–water partition coefficient (Wildman–Crippen LogP) is 3.74. The molecular formula is C10H9BrS. The Labute approximate surface area is 85.2 Å². The molecular weight excluding hydrogens is 232 g/mol. The molecule has 0 saturated carbocycles. The van der Waals surface area contributed by atoms with Gasteiger partial charge in [-0.25, -0.2) is 0 Å². The van der Waals surface area contributed by atoms with Crippen LogP contribution in [0.25, 0.3) is 6.08 Å². The number of fused-ring (bicyclic) bond motifs is 1. The zero-order chi connectivity index (χ0) is 8.55.